The van der Waals surface area contributed by atoms with Crippen LogP contribution in [0.1, 0.15) is 10.4 Å². The first-order valence-electron chi connectivity index (χ1n) is 5.50. The zero-order valence-corrected chi connectivity index (χ0v) is 9.71. The van der Waals surface area contributed by atoms with Crippen LogP contribution in [0.4, 0.5) is 0 Å². The van der Waals surface area contributed by atoms with Gasteiger partial charge in [-0.05, 0) is 12.1 Å². The van der Waals surface area contributed by atoms with E-state index in [1.807, 2.05) is 30.3 Å². The molecule has 2 N–H and O–H groups in total. The van der Waals surface area contributed by atoms with Crippen LogP contribution in [0.25, 0.3) is 22.3 Å². The van der Waals surface area contributed by atoms with E-state index in [4.69, 9.17) is 5.11 Å². The molecule has 0 aliphatic rings. The minimum absolute atomic E-state index is 0.198. The van der Waals surface area contributed by atoms with Gasteiger partial charge in [-0.15, -0.1) is 0 Å². The Hall–Kier alpha value is -2.56. The summed E-state index contributed by atoms with van der Waals surface area (Å²) in [5.74, 6) is -0.975. The van der Waals surface area contributed by atoms with Crippen LogP contribution in [-0.4, -0.2) is 25.8 Å². The van der Waals surface area contributed by atoms with Crippen molar-refractivity contribution in [1.29, 1.82) is 0 Å². The second-order valence-corrected chi connectivity index (χ2v) is 4.11. The van der Waals surface area contributed by atoms with Gasteiger partial charge < -0.3 is 10.1 Å². The van der Waals surface area contributed by atoms with Gasteiger partial charge in [0, 0.05) is 18.0 Å². The Kier molecular flexibility index (Phi) is 2.19. The quantitative estimate of drug-likeness (QED) is 0.723. The number of benzene rings is 1. The summed E-state index contributed by atoms with van der Waals surface area (Å²) in [7, 11) is 1.73. The Balaban J connectivity index is 2.25. The van der Waals surface area contributed by atoms with Crippen molar-refractivity contribution in [3.05, 3.63) is 42.1 Å². The average molecular weight is 241 g/mol. The van der Waals surface area contributed by atoms with Gasteiger partial charge in [0.25, 0.3) is 0 Å². The average Bonchev–Trinajstić information content (AvgIpc) is 2.91. The van der Waals surface area contributed by atoms with Crippen LogP contribution >= 0.6 is 0 Å². The van der Waals surface area contributed by atoms with Gasteiger partial charge in [-0.2, -0.15) is 5.10 Å². The molecule has 3 rings (SSSR count). The summed E-state index contributed by atoms with van der Waals surface area (Å²) in [6.07, 6.45) is 1.36. The highest BCUT2D eigenvalue weighted by Gasteiger charge is 2.18. The molecule has 90 valence electrons. The Morgan fingerprint density at radius 2 is 2.17 bits per heavy atom. The largest absolute Gasteiger partial charge is 0.478 e. The zero-order chi connectivity index (χ0) is 12.7. The molecule has 0 aliphatic carbocycles. The summed E-state index contributed by atoms with van der Waals surface area (Å²) in [4.78, 5) is 14.4. The number of nitrogens with one attached hydrogen (secondary N) is 1. The number of aryl methyl sites for hydroxylation is 1. The highest BCUT2D eigenvalue weighted by atomic mass is 16.4. The fraction of sp³-hybridized carbons (Fsp3) is 0.0769. The third kappa shape index (κ3) is 1.48. The molecule has 5 heteroatoms. The van der Waals surface area contributed by atoms with Gasteiger partial charge in [0.15, 0.2) is 0 Å². The molecule has 2 aromatic heterocycles. The van der Waals surface area contributed by atoms with Crippen LogP contribution in [0, 0.1) is 0 Å². The monoisotopic (exact) mass is 241 g/mol. The van der Waals surface area contributed by atoms with E-state index in [0.717, 1.165) is 16.6 Å². The third-order valence-electron chi connectivity index (χ3n) is 2.95. The number of hydrogen-bond acceptors (Lipinski definition) is 2. The molecule has 0 amide bonds. The van der Waals surface area contributed by atoms with E-state index in [0.29, 0.717) is 5.69 Å². The van der Waals surface area contributed by atoms with Crippen molar-refractivity contribution < 1.29 is 9.90 Å². The number of aromatic nitrogens is 3. The predicted molar refractivity (Wildman–Crippen MR) is 67.5 cm³/mol. The van der Waals surface area contributed by atoms with Crippen molar-refractivity contribution >= 4 is 16.9 Å². The maximum absolute atomic E-state index is 11.2. The molecule has 18 heavy (non-hydrogen) atoms. The maximum Gasteiger partial charge on any atom is 0.339 e. The second-order valence-electron chi connectivity index (χ2n) is 4.11. The van der Waals surface area contributed by atoms with Gasteiger partial charge in [-0.1, -0.05) is 18.2 Å². The maximum atomic E-state index is 11.2. The molecular weight excluding hydrogens is 230 g/mol. The zero-order valence-electron chi connectivity index (χ0n) is 9.71. The summed E-state index contributed by atoms with van der Waals surface area (Å²) in [5.41, 5.74) is 2.52. The number of carbonyl (C=O) groups is 1. The summed E-state index contributed by atoms with van der Waals surface area (Å²) in [6, 6.07) is 9.74. The molecule has 0 fully saturated rings. The normalized spacial score (nSPS) is 10.9. The number of H-pyrrole nitrogens is 1. The van der Waals surface area contributed by atoms with Crippen LogP contribution in [0.2, 0.25) is 0 Å². The van der Waals surface area contributed by atoms with Crippen LogP contribution in [0.15, 0.2) is 36.5 Å². The lowest BCUT2D eigenvalue weighted by atomic mass is 10.2. The molecule has 0 unspecified atom stereocenters. The number of carboxylic acid groups (broad SMARTS) is 1. The summed E-state index contributed by atoms with van der Waals surface area (Å²) >= 11 is 0. The van der Waals surface area contributed by atoms with Gasteiger partial charge >= 0.3 is 5.97 Å². The fourth-order valence-electron chi connectivity index (χ4n) is 2.11. The third-order valence-corrected chi connectivity index (χ3v) is 2.95. The number of para-hydroxylation sites is 1. The van der Waals surface area contributed by atoms with Crippen molar-refractivity contribution in [2.75, 3.05) is 0 Å². The minimum Gasteiger partial charge on any atom is -0.478 e. The first-order valence-corrected chi connectivity index (χ1v) is 5.50. The number of fused-ring (bicyclic) bond motifs is 1. The Bertz CT molecular complexity index is 707. The number of rotatable bonds is 2. The van der Waals surface area contributed by atoms with Crippen molar-refractivity contribution in [2.45, 2.75) is 0 Å². The molecule has 2 heterocycles. The molecular formula is C13H11N3O2. The minimum atomic E-state index is -0.975. The molecule has 0 saturated carbocycles. The topological polar surface area (TPSA) is 70.9 Å². The summed E-state index contributed by atoms with van der Waals surface area (Å²) in [6.45, 7) is 0. The second kappa shape index (κ2) is 3.73. The molecule has 0 bridgehead atoms. The summed E-state index contributed by atoms with van der Waals surface area (Å²) < 4.78 is 1.56. The molecule has 0 aliphatic heterocycles. The van der Waals surface area contributed by atoms with E-state index in [9.17, 15) is 4.79 Å². The van der Waals surface area contributed by atoms with Crippen LogP contribution in [0.3, 0.4) is 0 Å². The fourth-order valence-corrected chi connectivity index (χ4v) is 2.11. The number of nitrogens with zero attached hydrogens (tertiary/aromatic N) is 2. The van der Waals surface area contributed by atoms with E-state index in [2.05, 4.69) is 10.1 Å². The lowest BCUT2D eigenvalue weighted by Gasteiger charge is -2.00. The molecule has 0 radical (unpaired) electrons. The Morgan fingerprint density at radius 3 is 2.89 bits per heavy atom. The van der Waals surface area contributed by atoms with E-state index in [1.165, 1.54) is 6.20 Å². The number of aromatic amines is 1. The van der Waals surface area contributed by atoms with Gasteiger partial charge in [0.1, 0.15) is 5.56 Å². The number of carboxylic acids is 1. The van der Waals surface area contributed by atoms with Gasteiger partial charge in [0.05, 0.1) is 17.6 Å². The van der Waals surface area contributed by atoms with E-state index in [1.54, 1.807) is 11.7 Å². The van der Waals surface area contributed by atoms with E-state index < -0.39 is 5.97 Å². The van der Waals surface area contributed by atoms with Gasteiger partial charge in [0.2, 0.25) is 0 Å². The number of hydrogen-bond donors (Lipinski definition) is 2. The van der Waals surface area contributed by atoms with Crippen molar-refractivity contribution in [1.82, 2.24) is 14.8 Å². The van der Waals surface area contributed by atoms with Crippen molar-refractivity contribution in [3.63, 3.8) is 0 Å². The SMILES string of the molecule is Cn1ncc(C(=O)O)c1-c1cc2ccccc2[nH]1. The molecule has 0 atom stereocenters. The predicted octanol–water partition coefficient (Wildman–Crippen LogP) is 2.27. The van der Waals surface area contributed by atoms with Crippen LogP contribution in [-0.2, 0) is 7.05 Å². The number of aromatic carboxylic acids is 1. The molecule has 5 nitrogen and oxygen atoms in total. The lowest BCUT2D eigenvalue weighted by Crippen LogP contribution is -2.00. The van der Waals surface area contributed by atoms with Gasteiger partial charge in [-0.25, -0.2) is 4.79 Å². The molecule has 0 spiro atoms. The van der Waals surface area contributed by atoms with Crippen LogP contribution < -0.4 is 0 Å². The first-order chi connectivity index (χ1) is 8.66. The molecule has 3 aromatic rings. The first kappa shape index (κ1) is 10.6. The van der Waals surface area contributed by atoms with E-state index in [-0.39, 0.29) is 5.56 Å². The highest BCUT2D eigenvalue weighted by Crippen LogP contribution is 2.26. The van der Waals surface area contributed by atoms with E-state index >= 15 is 0 Å². The van der Waals surface area contributed by atoms with Crippen molar-refractivity contribution in [3.8, 4) is 11.4 Å². The standard InChI is InChI=1S/C13H11N3O2/c1-16-12(9(7-14-16)13(17)18)11-6-8-4-2-3-5-10(8)15-11/h2-7,15H,1H3,(H,17,18). The summed E-state index contributed by atoms with van der Waals surface area (Å²) in [5, 5.41) is 14.2. The molecule has 1 aromatic carbocycles. The smallest absolute Gasteiger partial charge is 0.339 e. The Labute approximate surface area is 103 Å². The van der Waals surface area contributed by atoms with Gasteiger partial charge in [-0.3, -0.25) is 4.68 Å². The lowest BCUT2D eigenvalue weighted by molar-refractivity contribution is 0.0697. The Morgan fingerprint density at radius 1 is 1.39 bits per heavy atom. The molecule has 0 saturated heterocycles. The van der Waals surface area contributed by atoms with Crippen LogP contribution in [0.5, 0.6) is 0 Å². The highest BCUT2D eigenvalue weighted by molar-refractivity contribution is 5.96. The van der Waals surface area contributed by atoms with Crippen molar-refractivity contribution in [2.24, 2.45) is 7.05 Å².